The van der Waals surface area contributed by atoms with Crippen LogP contribution in [0.5, 0.6) is 5.75 Å². The van der Waals surface area contributed by atoms with Gasteiger partial charge in [-0.1, -0.05) is 28.4 Å². The molecule has 2 aromatic carbocycles. The lowest BCUT2D eigenvalue weighted by molar-refractivity contribution is -0.121. The summed E-state index contributed by atoms with van der Waals surface area (Å²) < 4.78 is 10.6. The molecular weight excluding hydrogens is 439 g/mol. The summed E-state index contributed by atoms with van der Waals surface area (Å²) in [5.41, 5.74) is 1.42. The summed E-state index contributed by atoms with van der Waals surface area (Å²) in [6.07, 6.45) is 1.76. The average molecular weight is 461 g/mol. The van der Waals surface area contributed by atoms with Crippen molar-refractivity contribution in [2.24, 2.45) is 5.92 Å². The molecule has 1 aliphatic rings. The van der Waals surface area contributed by atoms with Crippen LogP contribution in [0.25, 0.3) is 11.4 Å². The number of ether oxygens (including phenoxy) is 1. The van der Waals surface area contributed by atoms with Gasteiger partial charge in [0.15, 0.2) is 0 Å². The van der Waals surface area contributed by atoms with Crippen molar-refractivity contribution < 1.29 is 14.1 Å². The second-order valence-corrected chi connectivity index (χ2v) is 8.27. The second kappa shape index (κ2) is 9.68. The minimum atomic E-state index is -0.107. The highest BCUT2D eigenvalue weighted by Crippen LogP contribution is 2.29. The predicted octanol–water partition coefficient (Wildman–Crippen LogP) is 4.90. The molecule has 7 nitrogen and oxygen atoms in total. The van der Waals surface area contributed by atoms with Crippen LogP contribution in [0.1, 0.15) is 18.7 Å². The molecule has 0 radical (unpaired) electrons. The molecule has 1 atom stereocenters. The number of piperidine rings is 1. The highest BCUT2D eigenvalue weighted by molar-refractivity contribution is 6.36. The van der Waals surface area contributed by atoms with Gasteiger partial charge in [-0.2, -0.15) is 4.98 Å². The van der Waals surface area contributed by atoms with Gasteiger partial charge in [-0.05, 0) is 61.9 Å². The van der Waals surface area contributed by atoms with E-state index >= 15 is 0 Å². The molecule has 31 heavy (non-hydrogen) atoms. The molecule has 4 rings (SSSR count). The van der Waals surface area contributed by atoms with Gasteiger partial charge in [0.25, 0.3) is 0 Å². The Bertz CT molecular complexity index is 1060. The summed E-state index contributed by atoms with van der Waals surface area (Å²) in [7, 11) is 1.61. The molecule has 0 spiro atoms. The van der Waals surface area contributed by atoms with Crippen molar-refractivity contribution in [1.29, 1.82) is 0 Å². The van der Waals surface area contributed by atoms with E-state index in [1.54, 1.807) is 25.3 Å². The third-order valence-corrected chi connectivity index (χ3v) is 5.78. The smallest absolute Gasteiger partial charge is 0.241 e. The number of carbonyl (C=O) groups is 1. The zero-order valence-corrected chi connectivity index (χ0v) is 18.5. The number of methoxy groups -OCH3 is 1. The number of nitrogens with zero attached hydrogens (tertiary/aromatic N) is 3. The largest absolute Gasteiger partial charge is 0.497 e. The molecule has 3 aromatic rings. The number of carbonyl (C=O) groups excluding carboxylic acids is 1. The van der Waals surface area contributed by atoms with Crippen molar-refractivity contribution in [3.05, 3.63) is 58.4 Å². The van der Waals surface area contributed by atoms with Crippen molar-refractivity contribution in [3.63, 3.8) is 0 Å². The third kappa shape index (κ3) is 5.36. The van der Waals surface area contributed by atoms with Crippen molar-refractivity contribution >= 4 is 34.8 Å². The Kier molecular flexibility index (Phi) is 6.75. The predicted molar refractivity (Wildman–Crippen MR) is 119 cm³/mol. The molecule has 2 heterocycles. The van der Waals surface area contributed by atoms with Gasteiger partial charge in [-0.3, -0.25) is 9.69 Å². The summed E-state index contributed by atoms with van der Waals surface area (Å²) in [5, 5.41) is 8.03. The Morgan fingerprint density at radius 3 is 2.81 bits per heavy atom. The first kappa shape index (κ1) is 21.6. The van der Waals surface area contributed by atoms with Crippen LogP contribution in [-0.4, -0.2) is 41.1 Å². The number of likely N-dealkylation sites (tertiary alicyclic amines) is 1. The van der Waals surface area contributed by atoms with Crippen molar-refractivity contribution in [3.8, 4) is 17.1 Å². The molecule has 0 bridgehead atoms. The van der Waals surface area contributed by atoms with Gasteiger partial charge in [0.2, 0.25) is 17.6 Å². The topological polar surface area (TPSA) is 80.5 Å². The normalized spacial score (nSPS) is 16.8. The Balaban J connectivity index is 1.36. The first-order valence-corrected chi connectivity index (χ1v) is 10.7. The van der Waals surface area contributed by atoms with Crippen LogP contribution in [0.4, 0.5) is 5.69 Å². The molecule has 162 valence electrons. The maximum absolute atomic E-state index is 12.7. The molecule has 1 amide bonds. The minimum Gasteiger partial charge on any atom is -0.497 e. The lowest BCUT2D eigenvalue weighted by atomic mass is 9.97. The number of anilines is 1. The van der Waals surface area contributed by atoms with E-state index in [0.29, 0.717) is 40.4 Å². The first-order chi connectivity index (χ1) is 15.0. The number of aromatic nitrogens is 2. The van der Waals surface area contributed by atoms with Gasteiger partial charge in [-0.15, -0.1) is 0 Å². The van der Waals surface area contributed by atoms with Gasteiger partial charge in [-0.25, -0.2) is 0 Å². The van der Waals surface area contributed by atoms with Gasteiger partial charge in [0.1, 0.15) is 5.75 Å². The maximum atomic E-state index is 12.7. The van der Waals surface area contributed by atoms with Gasteiger partial charge >= 0.3 is 0 Å². The highest BCUT2D eigenvalue weighted by Gasteiger charge is 2.27. The molecule has 1 aliphatic heterocycles. The van der Waals surface area contributed by atoms with Gasteiger partial charge in [0.05, 0.1) is 24.6 Å². The maximum Gasteiger partial charge on any atom is 0.241 e. The van der Waals surface area contributed by atoms with Crippen LogP contribution in [0.2, 0.25) is 10.0 Å². The summed E-state index contributed by atoms with van der Waals surface area (Å²) >= 11 is 12.2. The zero-order chi connectivity index (χ0) is 21.8. The number of halogens is 2. The van der Waals surface area contributed by atoms with E-state index in [2.05, 4.69) is 20.4 Å². The number of amides is 1. The van der Waals surface area contributed by atoms with E-state index in [1.165, 1.54) is 0 Å². The Morgan fingerprint density at radius 1 is 1.26 bits per heavy atom. The van der Waals surface area contributed by atoms with E-state index in [0.717, 1.165) is 30.8 Å². The number of nitrogens with one attached hydrogen (secondary N) is 1. The van der Waals surface area contributed by atoms with E-state index < -0.39 is 0 Å². The van der Waals surface area contributed by atoms with Crippen LogP contribution in [0.15, 0.2) is 47.0 Å². The molecule has 0 saturated carbocycles. The highest BCUT2D eigenvalue weighted by atomic mass is 35.5. The van der Waals surface area contributed by atoms with Gasteiger partial charge in [0, 0.05) is 22.8 Å². The summed E-state index contributed by atoms with van der Waals surface area (Å²) in [4.78, 5) is 19.3. The van der Waals surface area contributed by atoms with Crippen LogP contribution in [-0.2, 0) is 11.3 Å². The molecule has 1 fully saturated rings. The van der Waals surface area contributed by atoms with E-state index in [-0.39, 0.29) is 11.8 Å². The fourth-order valence-electron chi connectivity index (χ4n) is 3.62. The minimum absolute atomic E-state index is 0.00836. The first-order valence-electron chi connectivity index (χ1n) is 9.97. The second-order valence-electron chi connectivity index (χ2n) is 7.43. The van der Waals surface area contributed by atoms with Crippen molar-refractivity contribution in [2.75, 3.05) is 25.5 Å². The Morgan fingerprint density at radius 2 is 2.06 bits per heavy atom. The summed E-state index contributed by atoms with van der Waals surface area (Å²) in [6, 6.07) is 12.4. The number of rotatable bonds is 6. The van der Waals surface area contributed by atoms with Crippen molar-refractivity contribution in [2.45, 2.75) is 19.4 Å². The van der Waals surface area contributed by atoms with E-state index in [9.17, 15) is 4.79 Å². The molecule has 0 aliphatic carbocycles. The number of benzene rings is 2. The van der Waals surface area contributed by atoms with Gasteiger partial charge < -0.3 is 14.6 Å². The van der Waals surface area contributed by atoms with Crippen molar-refractivity contribution in [1.82, 2.24) is 15.0 Å². The standard InChI is InChI=1S/C22H22Cl2N4O3/c1-30-17-7-5-16(6-8-17)25-22(29)14-3-2-10-28(12-14)13-20-26-21(27-31-20)18-9-4-15(23)11-19(18)24/h4-9,11,14H,2-3,10,12-13H2,1H3,(H,25,29). The fraction of sp³-hybridized carbons (Fsp3) is 0.318. The summed E-state index contributed by atoms with van der Waals surface area (Å²) in [5.74, 6) is 1.55. The SMILES string of the molecule is COc1ccc(NC(=O)C2CCCN(Cc3nc(-c4ccc(Cl)cc4Cl)no3)C2)cc1. The lowest BCUT2D eigenvalue weighted by Crippen LogP contribution is -2.40. The molecule has 1 N–H and O–H groups in total. The Hall–Kier alpha value is -2.61. The van der Waals surface area contributed by atoms with Crippen LogP contribution in [0.3, 0.4) is 0 Å². The monoisotopic (exact) mass is 460 g/mol. The zero-order valence-electron chi connectivity index (χ0n) is 17.0. The summed E-state index contributed by atoms with van der Waals surface area (Å²) in [6.45, 7) is 1.97. The molecule has 1 unspecified atom stereocenters. The van der Waals surface area contributed by atoms with Crippen LogP contribution >= 0.6 is 23.2 Å². The van der Waals surface area contributed by atoms with E-state index in [4.69, 9.17) is 32.5 Å². The number of hydrogen-bond acceptors (Lipinski definition) is 6. The molecule has 1 aromatic heterocycles. The lowest BCUT2D eigenvalue weighted by Gasteiger charge is -2.30. The molecule has 1 saturated heterocycles. The van der Waals surface area contributed by atoms with Crippen LogP contribution < -0.4 is 10.1 Å². The average Bonchev–Trinajstić information content (AvgIpc) is 3.22. The van der Waals surface area contributed by atoms with E-state index in [1.807, 2.05) is 24.3 Å². The number of hydrogen-bond donors (Lipinski definition) is 1. The Labute approximate surface area is 190 Å². The molecular formula is C22H22Cl2N4O3. The third-order valence-electron chi connectivity index (χ3n) is 5.23. The molecule has 9 heteroatoms. The quantitative estimate of drug-likeness (QED) is 0.563. The fourth-order valence-corrected chi connectivity index (χ4v) is 4.12. The van der Waals surface area contributed by atoms with Crippen LogP contribution in [0, 0.1) is 5.92 Å².